The summed E-state index contributed by atoms with van der Waals surface area (Å²) in [5, 5.41) is 3.68. The fraction of sp³-hybridized carbons (Fsp3) is 0.0833. The summed E-state index contributed by atoms with van der Waals surface area (Å²) in [5.74, 6) is 1.57. The molecule has 1 aliphatic carbocycles. The van der Waals surface area contributed by atoms with E-state index in [0.717, 1.165) is 28.7 Å². The van der Waals surface area contributed by atoms with Crippen LogP contribution in [0.3, 0.4) is 0 Å². The number of aromatic nitrogens is 1. The van der Waals surface area contributed by atoms with Crippen molar-refractivity contribution in [1.82, 2.24) is 4.57 Å². The van der Waals surface area contributed by atoms with Gasteiger partial charge in [0, 0.05) is 27.4 Å². The summed E-state index contributed by atoms with van der Waals surface area (Å²) in [6.45, 7) is 2.41. The van der Waals surface area contributed by atoms with Crippen molar-refractivity contribution >= 4 is 32.8 Å². The summed E-state index contributed by atoms with van der Waals surface area (Å²) in [5.41, 5.74) is 15.0. The van der Waals surface area contributed by atoms with Gasteiger partial charge in [0.1, 0.15) is 11.3 Å². The lowest BCUT2D eigenvalue weighted by molar-refractivity contribution is 0.579. The van der Waals surface area contributed by atoms with Gasteiger partial charge in [-0.15, -0.1) is 0 Å². The third-order valence-corrected chi connectivity index (χ3v) is 10.9. The van der Waals surface area contributed by atoms with E-state index in [1.165, 1.54) is 66.4 Å². The Morgan fingerprint density at radius 2 is 1.30 bits per heavy atom. The minimum absolute atomic E-state index is 0.323. The van der Waals surface area contributed by atoms with Gasteiger partial charge in [-0.25, -0.2) is 0 Å². The Hall–Kier alpha value is -6.12. The molecule has 0 spiro atoms. The van der Waals surface area contributed by atoms with Crippen LogP contribution < -0.4 is 0 Å². The van der Waals surface area contributed by atoms with Crippen LogP contribution in [0.15, 0.2) is 174 Å². The lowest BCUT2D eigenvalue weighted by atomic mass is 9.79. The Morgan fingerprint density at radius 3 is 2.22 bits per heavy atom. The molecule has 1 aliphatic rings. The molecule has 7 aromatic carbocycles. The average Bonchev–Trinajstić information content (AvgIpc) is 3.73. The van der Waals surface area contributed by atoms with E-state index < -0.39 is 0 Å². The van der Waals surface area contributed by atoms with Crippen LogP contribution in [0, 0.1) is 0 Å². The molecule has 0 saturated carbocycles. The normalized spacial score (nSPS) is 15.6. The molecule has 2 aromatic heterocycles. The fourth-order valence-electron chi connectivity index (χ4n) is 8.42. The molecule has 0 amide bonds. The zero-order valence-electron chi connectivity index (χ0n) is 27.9. The zero-order chi connectivity index (χ0) is 33.2. The Kier molecular flexibility index (Phi) is 6.63. The van der Waals surface area contributed by atoms with Gasteiger partial charge >= 0.3 is 0 Å². The first-order valence-corrected chi connectivity index (χ1v) is 17.6. The van der Waals surface area contributed by atoms with Crippen LogP contribution >= 0.6 is 0 Å². The molecule has 2 heterocycles. The SMILES string of the molecule is CC1c2ccc(-c3ccc4c(c3)c3ccccc3n4-c3ccccc3)cc2-c2ccccc2CC1c1cccc(-c2cc3ccccc3o2)c1. The minimum atomic E-state index is 0.323. The molecule has 2 heteroatoms. The first kappa shape index (κ1) is 28.9. The maximum atomic E-state index is 6.29. The maximum Gasteiger partial charge on any atom is 0.135 e. The summed E-state index contributed by atoms with van der Waals surface area (Å²) in [6.07, 6.45) is 0.982. The Bertz CT molecular complexity index is 2680. The van der Waals surface area contributed by atoms with Crippen molar-refractivity contribution in [3.8, 4) is 39.3 Å². The first-order chi connectivity index (χ1) is 24.7. The average molecular weight is 642 g/mol. The van der Waals surface area contributed by atoms with Crippen molar-refractivity contribution in [2.24, 2.45) is 0 Å². The summed E-state index contributed by atoms with van der Waals surface area (Å²) in [6, 6.07) is 62.0. The molecule has 238 valence electrons. The molecule has 9 aromatic rings. The van der Waals surface area contributed by atoms with Gasteiger partial charge in [0.05, 0.1) is 11.0 Å². The number of hydrogen-bond donors (Lipinski definition) is 0. The van der Waals surface area contributed by atoms with Crippen LogP contribution in [0.5, 0.6) is 0 Å². The van der Waals surface area contributed by atoms with Gasteiger partial charge in [0.15, 0.2) is 0 Å². The zero-order valence-corrected chi connectivity index (χ0v) is 27.9. The third-order valence-electron chi connectivity index (χ3n) is 10.9. The number of rotatable bonds is 4. The van der Waals surface area contributed by atoms with Gasteiger partial charge in [0.25, 0.3) is 0 Å². The van der Waals surface area contributed by atoms with Gasteiger partial charge in [-0.1, -0.05) is 122 Å². The van der Waals surface area contributed by atoms with E-state index in [1.54, 1.807) is 0 Å². The Labute approximate surface area is 291 Å². The van der Waals surface area contributed by atoms with Gasteiger partial charge in [-0.3, -0.25) is 0 Å². The lowest BCUT2D eigenvalue weighted by Gasteiger charge is -2.24. The summed E-state index contributed by atoms with van der Waals surface area (Å²) in [4.78, 5) is 0. The van der Waals surface area contributed by atoms with Gasteiger partial charge in [-0.05, 0) is 112 Å². The quantitative estimate of drug-likeness (QED) is 0.187. The molecule has 0 saturated heterocycles. The van der Waals surface area contributed by atoms with Crippen molar-refractivity contribution in [2.75, 3.05) is 0 Å². The van der Waals surface area contributed by atoms with Crippen molar-refractivity contribution in [2.45, 2.75) is 25.2 Å². The van der Waals surface area contributed by atoms with Gasteiger partial charge in [0.2, 0.25) is 0 Å². The minimum Gasteiger partial charge on any atom is -0.456 e. The van der Waals surface area contributed by atoms with Crippen LogP contribution in [0.25, 0.3) is 72.0 Å². The van der Waals surface area contributed by atoms with E-state index in [4.69, 9.17) is 4.42 Å². The number of hydrogen-bond acceptors (Lipinski definition) is 1. The van der Waals surface area contributed by atoms with Crippen LogP contribution in [-0.4, -0.2) is 4.57 Å². The molecule has 0 fully saturated rings. The summed E-state index contributed by atoms with van der Waals surface area (Å²) >= 11 is 0. The Morgan fingerprint density at radius 1 is 0.540 bits per heavy atom. The lowest BCUT2D eigenvalue weighted by Crippen LogP contribution is -2.10. The highest BCUT2D eigenvalue weighted by molar-refractivity contribution is 6.10. The summed E-state index contributed by atoms with van der Waals surface area (Å²) in [7, 11) is 0. The van der Waals surface area contributed by atoms with E-state index in [2.05, 4.69) is 169 Å². The second-order valence-corrected chi connectivity index (χ2v) is 13.8. The van der Waals surface area contributed by atoms with E-state index >= 15 is 0 Å². The third kappa shape index (κ3) is 4.64. The number of benzene rings is 7. The van der Waals surface area contributed by atoms with E-state index in [-0.39, 0.29) is 0 Å². The van der Waals surface area contributed by atoms with Gasteiger partial charge < -0.3 is 8.98 Å². The predicted octanol–water partition coefficient (Wildman–Crippen LogP) is 13.0. The molecule has 0 radical (unpaired) electrons. The number of para-hydroxylation sites is 3. The topological polar surface area (TPSA) is 18.1 Å². The van der Waals surface area contributed by atoms with Crippen molar-refractivity contribution in [3.63, 3.8) is 0 Å². The smallest absolute Gasteiger partial charge is 0.135 e. The standard InChI is InChI=1S/C48H35NO/c1-31-39-24-22-32(33-23-25-46-44(28-33)41-19-8-9-20-45(41)49(46)38-16-3-2-4-17-38)27-43(39)40-18-7-5-12-35(40)29-42(31)34-14-11-15-36(26-34)48-30-37-13-6-10-21-47(37)50-48/h2-28,30-31,42H,29H2,1H3. The highest BCUT2D eigenvalue weighted by Gasteiger charge is 2.29. The molecule has 2 unspecified atom stereocenters. The number of nitrogens with zero attached hydrogens (tertiary/aromatic N) is 1. The Balaban J connectivity index is 1.08. The van der Waals surface area contributed by atoms with Crippen molar-refractivity contribution < 1.29 is 4.42 Å². The molecular weight excluding hydrogens is 607 g/mol. The molecule has 0 aliphatic heterocycles. The predicted molar refractivity (Wildman–Crippen MR) is 208 cm³/mol. The second-order valence-electron chi connectivity index (χ2n) is 13.8. The first-order valence-electron chi connectivity index (χ1n) is 17.6. The maximum absolute atomic E-state index is 6.29. The van der Waals surface area contributed by atoms with Crippen LogP contribution in [0.4, 0.5) is 0 Å². The van der Waals surface area contributed by atoms with E-state index in [1.807, 2.05) is 12.1 Å². The molecule has 50 heavy (non-hydrogen) atoms. The second kappa shape index (κ2) is 11.5. The summed E-state index contributed by atoms with van der Waals surface area (Å²) < 4.78 is 8.67. The monoisotopic (exact) mass is 641 g/mol. The highest BCUT2D eigenvalue weighted by atomic mass is 16.3. The highest BCUT2D eigenvalue weighted by Crippen LogP contribution is 2.47. The van der Waals surface area contributed by atoms with Crippen LogP contribution in [0.2, 0.25) is 0 Å². The van der Waals surface area contributed by atoms with E-state index in [9.17, 15) is 0 Å². The van der Waals surface area contributed by atoms with Crippen LogP contribution in [-0.2, 0) is 6.42 Å². The van der Waals surface area contributed by atoms with Crippen molar-refractivity contribution in [3.05, 3.63) is 187 Å². The van der Waals surface area contributed by atoms with Crippen molar-refractivity contribution in [1.29, 1.82) is 0 Å². The van der Waals surface area contributed by atoms with E-state index in [0.29, 0.717) is 11.8 Å². The number of furan rings is 1. The fourth-order valence-corrected chi connectivity index (χ4v) is 8.42. The molecule has 10 rings (SSSR count). The molecule has 0 bridgehead atoms. The van der Waals surface area contributed by atoms with Crippen LogP contribution in [0.1, 0.15) is 35.4 Å². The molecule has 2 nitrogen and oxygen atoms in total. The molecule has 0 N–H and O–H groups in total. The number of fused-ring (bicyclic) bond motifs is 7. The molecular formula is C48H35NO. The van der Waals surface area contributed by atoms with Gasteiger partial charge in [-0.2, -0.15) is 0 Å². The molecule has 2 atom stereocenters. The largest absolute Gasteiger partial charge is 0.456 e.